The molecule has 0 radical (unpaired) electrons. The van der Waals surface area contributed by atoms with Gasteiger partial charge < -0.3 is 14.4 Å². The largest absolute Gasteiger partial charge is 0.457 e. The summed E-state index contributed by atoms with van der Waals surface area (Å²) in [5.41, 5.74) is 1.48. The van der Waals surface area contributed by atoms with Gasteiger partial charge in [-0.05, 0) is 63.4 Å². The molecule has 1 heterocycles. The summed E-state index contributed by atoms with van der Waals surface area (Å²) in [5, 5.41) is 0. The molecule has 1 aliphatic rings. The number of hydrogen-bond donors (Lipinski definition) is 0. The number of likely N-dealkylation sites (N-methyl/N-ethyl adjacent to an activating group) is 1. The summed E-state index contributed by atoms with van der Waals surface area (Å²) >= 11 is 0. The third-order valence-electron chi connectivity index (χ3n) is 4.98. The van der Waals surface area contributed by atoms with E-state index in [4.69, 9.17) is 9.47 Å². The van der Waals surface area contributed by atoms with Gasteiger partial charge in [-0.2, -0.15) is 0 Å². The first-order valence-corrected chi connectivity index (χ1v) is 10.2. The number of hydrogen-bond acceptors (Lipinski definition) is 4. The van der Waals surface area contributed by atoms with Crippen LogP contribution in [-0.2, 0) is 16.0 Å². The molecule has 2 aromatic rings. The zero-order valence-corrected chi connectivity index (χ0v) is 18.3. The van der Waals surface area contributed by atoms with Crippen molar-refractivity contribution in [2.45, 2.75) is 45.8 Å². The number of amides is 2. The minimum Gasteiger partial charge on any atom is -0.457 e. The summed E-state index contributed by atoms with van der Waals surface area (Å²) < 4.78 is 11.6. The quantitative estimate of drug-likeness (QED) is 0.749. The molecule has 0 aromatic heterocycles. The molecule has 1 aliphatic heterocycles. The number of aryl methyl sites for hydroxylation is 1. The first-order chi connectivity index (χ1) is 14.1. The van der Waals surface area contributed by atoms with Crippen LogP contribution in [0.2, 0.25) is 0 Å². The number of carbonyl (C=O) groups is 2. The van der Waals surface area contributed by atoms with E-state index in [1.807, 2.05) is 76.2 Å². The van der Waals surface area contributed by atoms with Crippen LogP contribution in [0.1, 0.15) is 31.9 Å². The van der Waals surface area contributed by atoms with E-state index in [1.165, 1.54) is 0 Å². The van der Waals surface area contributed by atoms with Crippen LogP contribution in [0.15, 0.2) is 48.5 Å². The van der Waals surface area contributed by atoms with E-state index in [0.717, 1.165) is 22.6 Å². The Morgan fingerprint density at radius 2 is 1.87 bits per heavy atom. The molecule has 6 heteroatoms. The van der Waals surface area contributed by atoms with E-state index >= 15 is 0 Å². The van der Waals surface area contributed by atoms with Crippen molar-refractivity contribution in [1.29, 1.82) is 0 Å². The van der Waals surface area contributed by atoms with E-state index < -0.39 is 11.7 Å². The number of piperazine rings is 1. The summed E-state index contributed by atoms with van der Waals surface area (Å²) in [5.74, 6) is 1.47. The van der Waals surface area contributed by atoms with Crippen LogP contribution in [0.25, 0.3) is 0 Å². The number of nitrogens with zero attached hydrogens (tertiary/aromatic N) is 2. The predicted octanol–water partition coefficient (Wildman–Crippen LogP) is 4.41. The summed E-state index contributed by atoms with van der Waals surface area (Å²) in [7, 11) is 1.76. The molecule has 2 amide bonds. The maximum atomic E-state index is 12.7. The normalized spacial score (nSPS) is 17.1. The lowest BCUT2D eigenvalue weighted by Crippen LogP contribution is -2.58. The first-order valence-electron chi connectivity index (χ1n) is 10.2. The SMILES string of the molecule is Cc1ccccc1Oc1cccc(CC2CN(C)C(=O)CN2C(=O)OC(C)(C)C)c1. The molecule has 0 saturated carbocycles. The Morgan fingerprint density at radius 1 is 1.13 bits per heavy atom. The summed E-state index contributed by atoms with van der Waals surface area (Å²) in [4.78, 5) is 28.1. The average Bonchev–Trinajstić information content (AvgIpc) is 2.65. The first kappa shape index (κ1) is 21.7. The molecule has 160 valence electrons. The van der Waals surface area contributed by atoms with E-state index in [0.29, 0.717) is 13.0 Å². The summed E-state index contributed by atoms with van der Waals surface area (Å²) in [6.07, 6.45) is 0.142. The Bertz CT molecular complexity index is 919. The fraction of sp³-hybridized carbons (Fsp3) is 0.417. The summed E-state index contributed by atoms with van der Waals surface area (Å²) in [6.45, 7) is 7.96. The molecule has 0 N–H and O–H groups in total. The van der Waals surface area contributed by atoms with Gasteiger partial charge in [0.15, 0.2) is 0 Å². The Morgan fingerprint density at radius 3 is 2.57 bits per heavy atom. The van der Waals surface area contributed by atoms with Gasteiger partial charge in [0.2, 0.25) is 5.91 Å². The van der Waals surface area contributed by atoms with Crippen LogP contribution in [0, 0.1) is 6.92 Å². The highest BCUT2D eigenvalue weighted by molar-refractivity contribution is 5.83. The molecule has 0 aliphatic carbocycles. The second-order valence-corrected chi connectivity index (χ2v) is 8.76. The third-order valence-corrected chi connectivity index (χ3v) is 4.98. The maximum absolute atomic E-state index is 12.7. The van der Waals surface area contributed by atoms with Crippen LogP contribution in [0.5, 0.6) is 11.5 Å². The van der Waals surface area contributed by atoms with Crippen LogP contribution >= 0.6 is 0 Å². The predicted molar refractivity (Wildman–Crippen MR) is 116 cm³/mol. The van der Waals surface area contributed by atoms with Crippen LogP contribution in [0.3, 0.4) is 0 Å². The topological polar surface area (TPSA) is 59.1 Å². The maximum Gasteiger partial charge on any atom is 0.411 e. The van der Waals surface area contributed by atoms with Gasteiger partial charge >= 0.3 is 6.09 Å². The monoisotopic (exact) mass is 410 g/mol. The zero-order chi connectivity index (χ0) is 21.9. The second kappa shape index (κ2) is 8.78. The zero-order valence-electron chi connectivity index (χ0n) is 18.3. The van der Waals surface area contributed by atoms with Gasteiger partial charge in [0.25, 0.3) is 0 Å². The van der Waals surface area contributed by atoms with Crippen molar-refractivity contribution in [3.63, 3.8) is 0 Å². The van der Waals surface area contributed by atoms with Crippen molar-refractivity contribution < 1.29 is 19.1 Å². The van der Waals surface area contributed by atoms with Crippen molar-refractivity contribution in [3.05, 3.63) is 59.7 Å². The number of benzene rings is 2. The Balaban J connectivity index is 1.77. The highest BCUT2D eigenvalue weighted by atomic mass is 16.6. The van der Waals surface area contributed by atoms with Gasteiger partial charge in [0.05, 0.1) is 6.04 Å². The van der Waals surface area contributed by atoms with Gasteiger partial charge in [-0.15, -0.1) is 0 Å². The average molecular weight is 411 g/mol. The van der Waals surface area contributed by atoms with Crippen molar-refractivity contribution in [1.82, 2.24) is 9.80 Å². The Hall–Kier alpha value is -3.02. The van der Waals surface area contributed by atoms with Crippen molar-refractivity contribution in [2.75, 3.05) is 20.1 Å². The van der Waals surface area contributed by atoms with Crippen molar-refractivity contribution in [3.8, 4) is 11.5 Å². The standard InChI is InChI=1S/C24H30N2O4/c1-17-9-6-7-12-21(17)29-20-11-8-10-18(14-20)13-19-15-25(5)22(27)16-26(19)23(28)30-24(2,3)4/h6-12,14,19H,13,15-16H2,1-5H3. The molecule has 2 aromatic carbocycles. The fourth-order valence-corrected chi connectivity index (χ4v) is 3.43. The number of rotatable bonds is 4. The van der Waals surface area contributed by atoms with Crippen molar-refractivity contribution in [2.24, 2.45) is 0 Å². The highest BCUT2D eigenvalue weighted by Crippen LogP contribution is 2.26. The lowest BCUT2D eigenvalue weighted by Gasteiger charge is -2.40. The van der Waals surface area contributed by atoms with Gasteiger partial charge in [-0.25, -0.2) is 4.79 Å². The molecule has 6 nitrogen and oxygen atoms in total. The van der Waals surface area contributed by atoms with E-state index in [2.05, 4.69) is 0 Å². The molecule has 30 heavy (non-hydrogen) atoms. The van der Waals surface area contributed by atoms with Crippen LogP contribution in [0.4, 0.5) is 4.79 Å². The summed E-state index contributed by atoms with van der Waals surface area (Å²) in [6, 6.07) is 15.5. The minimum atomic E-state index is -0.616. The lowest BCUT2D eigenvalue weighted by atomic mass is 10.0. The Labute approximate surface area is 178 Å². The van der Waals surface area contributed by atoms with Crippen LogP contribution in [-0.4, -0.2) is 53.6 Å². The van der Waals surface area contributed by atoms with Crippen LogP contribution < -0.4 is 4.74 Å². The number of ether oxygens (including phenoxy) is 2. The molecule has 1 atom stereocenters. The van der Waals surface area contributed by atoms with Gasteiger partial charge in [-0.1, -0.05) is 30.3 Å². The van der Waals surface area contributed by atoms with E-state index in [9.17, 15) is 9.59 Å². The fourth-order valence-electron chi connectivity index (χ4n) is 3.43. The molecule has 1 saturated heterocycles. The number of para-hydroxylation sites is 1. The van der Waals surface area contributed by atoms with E-state index in [-0.39, 0.29) is 18.5 Å². The molecular weight excluding hydrogens is 380 g/mol. The van der Waals surface area contributed by atoms with Gasteiger partial charge in [0.1, 0.15) is 23.6 Å². The molecule has 0 spiro atoms. The van der Waals surface area contributed by atoms with E-state index in [1.54, 1.807) is 16.8 Å². The molecular formula is C24H30N2O4. The minimum absolute atomic E-state index is 0.0233. The Kier molecular flexibility index (Phi) is 6.34. The lowest BCUT2D eigenvalue weighted by molar-refractivity contribution is -0.136. The molecule has 3 rings (SSSR count). The molecule has 1 fully saturated rings. The smallest absolute Gasteiger partial charge is 0.411 e. The molecule has 1 unspecified atom stereocenters. The number of carbonyl (C=O) groups excluding carboxylic acids is 2. The van der Waals surface area contributed by atoms with Crippen molar-refractivity contribution >= 4 is 12.0 Å². The third kappa shape index (κ3) is 5.53. The van der Waals surface area contributed by atoms with Gasteiger partial charge in [-0.3, -0.25) is 9.69 Å². The second-order valence-electron chi connectivity index (χ2n) is 8.76. The van der Waals surface area contributed by atoms with Gasteiger partial charge in [0, 0.05) is 13.6 Å². The molecule has 0 bridgehead atoms. The highest BCUT2D eigenvalue weighted by Gasteiger charge is 2.36.